The fraction of sp³-hybridized carbons (Fsp3) is 0.400. The molecule has 0 fully saturated rings. The molecular formula is C15H18ClNO. The van der Waals surface area contributed by atoms with Crippen LogP contribution in [-0.2, 0) is 4.79 Å². The van der Waals surface area contributed by atoms with Crippen LogP contribution < -0.4 is 5.32 Å². The van der Waals surface area contributed by atoms with Gasteiger partial charge in [-0.15, -0.1) is 0 Å². The summed E-state index contributed by atoms with van der Waals surface area (Å²) >= 11 is 6.16. The number of nitrogens with one attached hydrogen (secondary N) is 1. The van der Waals surface area contributed by atoms with Gasteiger partial charge in [-0.25, -0.2) is 0 Å². The number of para-hydroxylation sites is 1. The van der Waals surface area contributed by atoms with E-state index in [-0.39, 0.29) is 5.91 Å². The Hall–Kier alpha value is -1.28. The maximum Gasteiger partial charge on any atom is 0.234 e. The second kappa shape index (κ2) is 4.77. The molecule has 1 aliphatic rings. The summed E-state index contributed by atoms with van der Waals surface area (Å²) in [6, 6.07) is 5.74. The van der Waals surface area contributed by atoms with Crippen LogP contribution in [0.5, 0.6) is 0 Å². The zero-order chi connectivity index (χ0) is 13.3. The van der Waals surface area contributed by atoms with Gasteiger partial charge in [0.15, 0.2) is 0 Å². The van der Waals surface area contributed by atoms with E-state index in [1.165, 1.54) is 0 Å². The van der Waals surface area contributed by atoms with E-state index in [4.69, 9.17) is 11.6 Å². The number of hydrogen-bond donors (Lipinski definition) is 1. The fourth-order valence-electron chi connectivity index (χ4n) is 2.26. The van der Waals surface area contributed by atoms with Gasteiger partial charge >= 0.3 is 0 Å². The highest BCUT2D eigenvalue weighted by atomic mass is 35.5. The van der Waals surface area contributed by atoms with Crippen molar-refractivity contribution in [2.75, 3.05) is 5.32 Å². The average Bonchev–Trinajstić information content (AvgIpc) is 2.31. The van der Waals surface area contributed by atoms with Crippen LogP contribution in [0.4, 0.5) is 5.69 Å². The highest BCUT2D eigenvalue weighted by molar-refractivity contribution is 6.35. The summed E-state index contributed by atoms with van der Waals surface area (Å²) < 4.78 is 0. The van der Waals surface area contributed by atoms with E-state index >= 15 is 0 Å². The third kappa shape index (κ3) is 2.05. The number of unbranched alkanes of at least 4 members (excludes halogenated alkanes) is 1. The predicted octanol–water partition coefficient (Wildman–Crippen LogP) is 4.50. The minimum Gasteiger partial charge on any atom is -0.324 e. The van der Waals surface area contributed by atoms with Crippen molar-refractivity contribution in [2.24, 2.45) is 5.41 Å². The van der Waals surface area contributed by atoms with Crippen molar-refractivity contribution < 1.29 is 4.79 Å². The molecule has 1 aromatic rings. The number of amides is 1. The zero-order valence-electron chi connectivity index (χ0n) is 11.0. The first kappa shape index (κ1) is 13.2. The molecule has 0 bridgehead atoms. The number of allylic oxidation sites excluding steroid dienone is 1. The van der Waals surface area contributed by atoms with Crippen molar-refractivity contribution in [1.82, 2.24) is 0 Å². The summed E-state index contributed by atoms with van der Waals surface area (Å²) in [5.74, 6) is 0.00505. The molecule has 0 saturated carbocycles. The Morgan fingerprint density at radius 1 is 1.39 bits per heavy atom. The van der Waals surface area contributed by atoms with Gasteiger partial charge < -0.3 is 5.32 Å². The molecule has 0 spiro atoms. The standard InChI is InChI=1S/C15H18ClNO/c1-4-5-8-11-10-7-6-9-12(16)13(10)17-14(18)15(11,2)3/h6-9H,4-5H2,1-3H3,(H,17,18)/b11-8+. The number of carbonyl (C=O) groups is 1. The van der Waals surface area contributed by atoms with Crippen LogP contribution in [0.15, 0.2) is 24.3 Å². The molecule has 2 rings (SSSR count). The predicted molar refractivity (Wildman–Crippen MR) is 76.7 cm³/mol. The summed E-state index contributed by atoms with van der Waals surface area (Å²) in [6.07, 6.45) is 4.20. The minimum absolute atomic E-state index is 0.00505. The van der Waals surface area contributed by atoms with Gasteiger partial charge in [-0.1, -0.05) is 43.2 Å². The number of fused-ring (bicyclic) bond motifs is 1. The minimum atomic E-state index is -0.507. The highest BCUT2D eigenvalue weighted by Crippen LogP contribution is 2.45. The van der Waals surface area contributed by atoms with Crippen molar-refractivity contribution in [3.8, 4) is 0 Å². The van der Waals surface area contributed by atoms with Crippen LogP contribution >= 0.6 is 11.6 Å². The topological polar surface area (TPSA) is 29.1 Å². The number of anilines is 1. The molecule has 0 radical (unpaired) electrons. The van der Waals surface area contributed by atoms with E-state index in [0.29, 0.717) is 5.02 Å². The first-order valence-corrected chi connectivity index (χ1v) is 6.67. The summed E-state index contributed by atoms with van der Waals surface area (Å²) in [6.45, 7) is 6.03. The van der Waals surface area contributed by atoms with Crippen molar-refractivity contribution in [2.45, 2.75) is 33.6 Å². The lowest BCUT2D eigenvalue weighted by molar-refractivity contribution is -0.121. The molecule has 1 N–H and O–H groups in total. The molecule has 2 nitrogen and oxygen atoms in total. The Morgan fingerprint density at radius 3 is 2.78 bits per heavy atom. The van der Waals surface area contributed by atoms with Crippen LogP contribution in [-0.4, -0.2) is 5.91 Å². The molecule has 1 heterocycles. The molecule has 0 aliphatic carbocycles. The van der Waals surface area contributed by atoms with Gasteiger partial charge in [0.05, 0.1) is 16.1 Å². The van der Waals surface area contributed by atoms with E-state index < -0.39 is 5.41 Å². The smallest absolute Gasteiger partial charge is 0.234 e. The lowest BCUT2D eigenvalue weighted by atomic mass is 9.75. The maximum atomic E-state index is 12.2. The molecule has 96 valence electrons. The lowest BCUT2D eigenvalue weighted by Crippen LogP contribution is -2.36. The number of hydrogen-bond acceptors (Lipinski definition) is 1. The summed E-state index contributed by atoms with van der Waals surface area (Å²) in [5.41, 5.74) is 2.35. The average molecular weight is 264 g/mol. The van der Waals surface area contributed by atoms with Gasteiger partial charge in [-0.3, -0.25) is 4.79 Å². The lowest BCUT2D eigenvalue weighted by Gasteiger charge is -2.34. The Labute approximate surface area is 113 Å². The van der Waals surface area contributed by atoms with Gasteiger partial charge in [-0.05, 0) is 31.9 Å². The second-order valence-corrected chi connectivity index (χ2v) is 5.56. The van der Waals surface area contributed by atoms with Crippen molar-refractivity contribution in [1.29, 1.82) is 0 Å². The first-order chi connectivity index (χ1) is 8.48. The molecule has 1 aromatic carbocycles. The van der Waals surface area contributed by atoms with Gasteiger partial charge in [-0.2, -0.15) is 0 Å². The molecule has 18 heavy (non-hydrogen) atoms. The van der Waals surface area contributed by atoms with E-state index in [2.05, 4.69) is 18.3 Å². The molecule has 0 atom stereocenters. The number of benzene rings is 1. The quantitative estimate of drug-likeness (QED) is 0.836. The molecule has 0 unspecified atom stereocenters. The van der Waals surface area contributed by atoms with E-state index in [1.54, 1.807) is 6.07 Å². The van der Waals surface area contributed by atoms with Crippen LogP contribution in [0.1, 0.15) is 39.2 Å². The Bertz CT molecular complexity index is 517. The number of rotatable bonds is 2. The molecular weight excluding hydrogens is 246 g/mol. The summed E-state index contributed by atoms with van der Waals surface area (Å²) in [5, 5.41) is 3.51. The van der Waals surface area contributed by atoms with Crippen LogP contribution in [0, 0.1) is 5.41 Å². The maximum absolute atomic E-state index is 12.2. The Kier molecular flexibility index (Phi) is 3.49. The summed E-state index contributed by atoms with van der Waals surface area (Å²) in [4.78, 5) is 12.2. The van der Waals surface area contributed by atoms with E-state index in [0.717, 1.165) is 29.7 Å². The van der Waals surface area contributed by atoms with Gasteiger partial charge in [0.2, 0.25) is 5.91 Å². The van der Waals surface area contributed by atoms with Gasteiger partial charge in [0, 0.05) is 5.56 Å². The molecule has 0 aromatic heterocycles. The fourth-order valence-corrected chi connectivity index (χ4v) is 2.48. The van der Waals surface area contributed by atoms with Gasteiger partial charge in [0.25, 0.3) is 0 Å². The first-order valence-electron chi connectivity index (χ1n) is 6.29. The normalized spacial score (nSPS) is 19.6. The van der Waals surface area contributed by atoms with Crippen LogP contribution in [0.3, 0.4) is 0 Å². The summed E-state index contributed by atoms with van der Waals surface area (Å²) in [7, 11) is 0. The SMILES string of the molecule is CCC/C=C1\c2cccc(Cl)c2NC(=O)C1(C)C. The third-order valence-corrected chi connectivity index (χ3v) is 3.74. The molecule has 1 aliphatic heterocycles. The highest BCUT2D eigenvalue weighted by Gasteiger charge is 2.38. The van der Waals surface area contributed by atoms with Crippen LogP contribution in [0.25, 0.3) is 5.57 Å². The third-order valence-electron chi connectivity index (χ3n) is 3.42. The number of halogens is 1. The van der Waals surface area contributed by atoms with E-state index in [9.17, 15) is 4.79 Å². The zero-order valence-corrected chi connectivity index (χ0v) is 11.8. The molecule has 3 heteroatoms. The van der Waals surface area contributed by atoms with Crippen molar-refractivity contribution >= 4 is 28.8 Å². The second-order valence-electron chi connectivity index (χ2n) is 5.15. The molecule has 1 amide bonds. The molecule has 0 saturated heterocycles. The Balaban J connectivity index is 2.62. The van der Waals surface area contributed by atoms with Crippen molar-refractivity contribution in [3.63, 3.8) is 0 Å². The Morgan fingerprint density at radius 2 is 2.11 bits per heavy atom. The van der Waals surface area contributed by atoms with Crippen molar-refractivity contribution in [3.05, 3.63) is 34.9 Å². The number of carbonyl (C=O) groups excluding carboxylic acids is 1. The van der Waals surface area contributed by atoms with E-state index in [1.807, 2.05) is 26.0 Å². The van der Waals surface area contributed by atoms with Gasteiger partial charge in [0.1, 0.15) is 0 Å². The largest absolute Gasteiger partial charge is 0.324 e. The van der Waals surface area contributed by atoms with Crippen LogP contribution in [0.2, 0.25) is 5.02 Å². The monoisotopic (exact) mass is 263 g/mol.